The van der Waals surface area contributed by atoms with Crippen LogP contribution in [0.3, 0.4) is 0 Å². The molecule has 1 aromatic heterocycles. The summed E-state index contributed by atoms with van der Waals surface area (Å²) in [5.41, 5.74) is 2.84. The maximum Gasteiger partial charge on any atom is 0.269 e. The number of carbonyl (C=O) groups excluding carboxylic acids is 1. The number of rotatable bonds is 4. The summed E-state index contributed by atoms with van der Waals surface area (Å²) < 4.78 is 0. The van der Waals surface area contributed by atoms with Crippen LogP contribution in [0.15, 0.2) is 54.6 Å². The lowest BCUT2D eigenvalue weighted by Crippen LogP contribution is -2.26. The van der Waals surface area contributed by atoms with Crippen LogP contribution in [0.4, 0.5) is 0 Å². The van der Waals surface area contributed by atoms with Crippen molar-refractivity contribution in [1.29, 1.82) is 0 Å². The van der Waals surface area contributed by atoms with Gasteiger partial charge in [-0.15, -0.1) is 0 Å². The second-order valence-corrected chi connectivity index (χ2v) is 6.22. The quantitative estimate of drug-likeness (QED) is 0.697. The monoisotopic (exact) mass is 359 g/mol. The number of nitrogens with zero attached hydrogens (tertiary/aromatic N) is 1. The highest BCUT2D eigenvalue weighted by atomic mass is 35.5. The van der Waals surface area contributed by atoms with Gasteiger partial charge in [-0.2, -0.15) is 5.10 Å². The van der Waals surface area contributed by atoms with Gasteiger partial charge in [0.05, 0.1) is 21.8 Å². The Balaban J connectivity index is 1.75. The number of hydrogen-bond donors (Lipinski definition) is 2. The molecule has 0 aliphatic rings. The van der Waals surface area contributed by atoms with Crippen LogP contribution in [0.2, 0.25) is 10.0 Å². The Labute approximate surface area is 149 Å². The van der Waals surface area contributed by atoms with Crippen LogP contribution in [0.5, 0.6) is 0 Å². The Bertz CT molecular complexity index is 862. The summed E-state index contributed by atoms with van der Waals surface area (Å²) in [6.07, 6.45) is 0. The molecular weight excluding hydrogens is 345 g/mol. The third-order valence-electron chi connectivity index (χ3n) is 3.69. The van der Waals surface area contributed by atoms with Crippen molar-refractivity contribution in [2.24, 2.45) is 0 Å². The van der Waals surface area contributed by atoms with E-state index in [2.05, 4.69) is 15.5 Å². The minimum Gasteiger partial charge on any atom is -0.344 e. The molecule has 4 nitrogen and oxygen atoms in total. The topological polar surface area (TPSA) is 57.8 Å². The molecule has 2 N–H and O–H groups in total. The Morgan fingerprint density at radius 1 is 1.08 bits per heavy atom. The molecule has 6 heteroatoms. The summed E-state index contributed by atoms with van der Waals surface area (Å²) in [5, 5.41) is 10.8. The highest BCUT2D eigenvalue weighted by Crippen LogP contribution is 2.27. The van der Waals surface area contributed by atoms with Gasteiger partial charge >= 0.3 is 0 Å². The van der Waals surface area contributed by atoms with Crippen molar-refractivity contribution < 1.29 is 4.79 Å². The van der Waals surface area contributed by atoms with Crippen LogP contribution >= 0.6 is 23.2 Å². The third kappa shape index (κ3) is 3.61. The number of halogens is 2. The Kier molecular flexibility index (Phi) is 4.88. The average molecular weight is 360 g/mol. The smallest absolute Gasteiger partial charge is 0.269 e. The number of aromatic amines is 1. The lowest BCUT2D eigenvalue weighted by Gasteiger charge is -2.13. The van der Waals surface area contributed by atoms with Gasteiger partial charge < -0.3 is 5.32 Å². The number of nitrogens with one attached hydrogen (secondary N) is 2. The van der Waals surface area contributed by atoms with Crippen LogP contribution in [-0.2, 0) is 0 Å². The first kappa shape index (κ1) is 16.6. The minimum atomic E-state index is -0.217. The maximum absolute atomic E-state index is 12.4. The molecule has 0 radical (unpaired) electrons. The summed E-state index contributed by atoms with van der Waals surface area (Å²) in [7, 11) is 0. The maximum atomic E-state index is 12.4. The van der Waals surface area contributed by atoms with E-state index in [1.807, 2.05) is 37.3 Å². The zero-order valence-electron chi connectivity index (χ0n) is 12.9. The zero-order valence-corrected chi connectivity index (χ0v) is 14.4. The molecule has 122 valence electrons. The van der Waals surface area contributed by atoms with E-state index in [0.717, 1.165) is 11.1 Å². The first-order chi connectivity index (χ1) is 11.5. The summed E-state index contributed by atoms with van der Waals surface area (Å²) in [6.45, 7) is 1.93. The number of hydrogen-bond acceptors (Lipinski definition) is 2. The molecule has 1 heterocycles. The van der Waals surface area contributed by atoms with Crippen LogP contribution in [0.1, 0.15) is 29.0 Å². The van der Waals surface area contributed by atoms with E-state index in [4.69, 9.17) is 23.2 Å². The van der Waals surface area contributed by atoms with Gasteiger partial charge in [-0.25, -0.2) is 0 Å². The van der Waals surface area contributed by atoms with Gasteiger partial charge in [0.15, 0.2) is 0 Å². The van der Waals surface area contributed by atoms with Crippen LogP contribution in [0, 0.1) is 0 Å². The predicted molar refractivity (Wildman–Crippen MR) is 96.4 cm³/mol. The molecule has 1 unspecified atom stereocenters. The van der Waals surface area contributed by atoms with Crippen molar-refractivity contribution in [2.45, 2.75) is 13.0 Å². The number of aromatic nitrogens is 2. The second-order valence-electron chi connectivity index (χ2n) is 5.40. The lowest BCUT2D eigenvalue weighted by atomic mass is 10.1. The van der Waals surface area contributed by atoms with Crippen LogP contribution in [0.25, 0.3) is 11.3 Å². The zero-order chi connectivity index (χ0) is 17.1. The molecular formula is C18H15Cl2N3O. The first-order valence-corrected chi connectivity index (χ1v) is 8.17. The number of carbonyl (C=O) groups is 1. The standard InChI is InChI=1S/C18H15Cl2N3O/c1-11(12-5-3-2-4-6-12)21-18(24)17-10-16(22-23-17)13-7-8-14(19)15(20)9-13/h2-11H,1H3,(H,21,24)(H,22,23). The van der Waals surface area contributed by atoms with E-state index in [1.165, 1.54) is 0 Å². The van der Waals surface area contributed by atoms with Crippen LogP contribution in [-0.4, -0.2) is 16.1 Å². The normalized spacial score (nSPS) is 12.0. The molecule has 1 atom stereocenters. The summed E-state index contributed by atoms with van der Waals surface area (Å²) in [4.78, 5) is 12.4. The average Bonchev–Trinajstić information content (AvgIpc) is 3.08. The molecule has 2 aromatic carbocycles. The number of H-pyrrole nitrogens is 1. The SMILES string of the molecule is CC(NC(=O)c1cc(-c2ccc(Cl)c(Cl)c2)n[nH]1)c1ccccc1. The van der Waals surface area contributed by atoms with Gasteiger partial charge in [-0.3, -0.25) is 9.89 Å². The van der Waals surface area contributed by atoms with Crippen molar-refractivity contribution in [3.05, 3.63) is 75.9 Å². The second kappa shape index (κ2) is 7.07. The van der Waals surface area contributed by atoms with E-state index < -0.39 is 0 Å². The van der Waals surface area contributed by atoms with E-state index in [1.54, 1.807) is 24.3 Å². The highest BCUT2D eigenvalue weighted by molar-refractivity contribution is 6.42. The molecule has 0 saturated carbocycles. The molecule has 0 spiro atoms. The van der Waals surface area contributed by atoms with Crippen molar-refractivity contribution in [3.63, 3.8) is 0 Å². The number of amides is 1. The minimum absolute atomic E-state index is 0.101. The Morgan fingerprint density at radius 3 is 2.54 bits per heavy atom. The lowest BCUT2D eigenvalue weighted by molar-refractivity contribution is 0.0935. The third-order valence-corrected chi connectivity index (χ3v) is 4.42. The first-order valence-electron chi connectivity index (χ1n) is 7.41. The fourth-order valence-corrected chi connectivity index (χ4v) is 2.64. The van der Waals surface area contributed by atoms with Gasteiger partial charge in [-0.1, -0.05) is 59.6 Å². The highest BCUT2D eigenvalue weighted by Gasteiger charge is 2.15. The molecule has 1 amide bonds. The fourth-order valence-electron chi connectivity index (χ4n) is 2.34. The van der Waals surface area contributed by atoms with Gasteiger partial charge in [0.1, 0.15) is 5.69 Å². The van der Waals surface area contributed by atoms with Gasteiger partial charge in [-0.05, 0) is 30.7 Å². The molecule has 24 heavy (non-hydrogen) atoms. The van der Waals surface area contributed by atoms with E-state index in [9.17, 15) is 4.79 Å². The van der Waals surface area contributed by atoms with Gasteiger partial charge in [0, 0.05) is 5.56 Å². The molecule has 3 rings (SSSR count). The summed E-state index contributed by atoms with van der Waals surface area (Å²) in [5.74, 6) is -0.217. The summed E-state index contributed by atoms with van der Waals surface area (Å²) in [6, 6.07) is 16.6. The molecule has 0 aliphatic carbocycles. The van der Waals surface area contributed by atoms with Crippen LogP contribution < -0.4 is 5.32 Å². The van der Waals surface area contributed by atoms with Gasteiger partial charge in [0.2, 0.25) is 0 Å². The van der Waals surface area contributed by atoms with Gasteiger partial charge in [0.25, 0.3) is 5.91 Å². The summed E-state index contributed by atoms with van der Waals surface area (Å²) >= 11 is 11.9. The van der Waals surface area contributed by atoms with Crippen molar-refractivity contribution >= 4 is 29.1 Å². The molecule has 0 fully saturated rings. The molecule has 0 aliphatic heterocycles. The van der Waals surface area contributed by atoms with E-state index in [-0.39, 0.29) is 11.9 Å². The van der Waals surface area contributed by atoms with E-state index >= 15 is 0 Å². The van der Waals surface area contributed by atoms with Crippen molar-refractivity contribution in [3.8, 4) is 11.3 Å². The van der Waals surface area contributed by atoms with E-state index in [0.29, 0.717) is 21.4 Å². The predicted octanol–water partition coefficient (Wildman–Crippen LogP) is 4.87. The molecule has 3 aromatic rings. The fraction of sp³-hybridized carbons (Fsp3) is 0.111. The van der Waals surface area contributed by atoms with Crippen molar-refractivity contribution in [1.82, 2.24) is 15.5 Å². The van der Waals surface area contributed by atoms with Crippen molar-refractivity contribution in [2.75, 3.05) is 0 Å². The molecule has 0 saturated heterocycles. The Morgan fingerprint density at radius 2 is 1.83 bits per heavy atom. The molecule has 0 bridgehead atoms. The number of benzene rings is 2. The largest absolute Gasteiger partial charge is 0.344 e. The Hall–Kier alpha value is -2.30.